The van der Waals surface area contributed by atoms with Gasteiger partial charge in [0.2, 0.25) is 0 Å². The zero-order chi connectivity index (χ0) is 42.5. The van der Waals surface area contributed by atoms with Gasteiger partial charge in [-0.3, -0.25) is 4.79 Å². The molecule has 0 spiro atoms. The normalized spacial score (nSPS) is 14.5. The van der Waals surface area contributed by atoms with E-state index in [2.05, 4.69) is 49.1 Å². The van der Waals surface area contributed by atoms with Crippen molar-refractivity contribution in [2.45, 2.75) is 99.8 Å². The molecule has 0 radical (unpaired) electrons. The molecule has 3 aromatic carbocycles. The Labute approximate surface area is 357 Å². The lowest BCUT2D eigenvalue weighted by Gasteiger charge is -2.34. The van der Waals surface area contributed by atoms with Crippen LogP contribution in [0, 0.1) is 34.6 Å². The molecule has 0 aliphatic carbocycles. The van der Waals surface area contributed by atoms with E-state index in [1.54, 1.807) is 13.0 Å². The van der Waals surface area contributed by atoms with Gasteiger partial charge in [0.25, 0.3) is 5.91 Å². The first kappa shape index (κ1) is 42.6. The number of H-pyrrole nitrogens is 1. The highest BCUT2D eigenvalue weighted by Gasteiger charge is 2.37. The topological polar surface area (TPSA) is 104 Å². The number of hydrogen-bond acceptors (Lipinski definition) is 6. The van der Waals surface area contributed by atoms with E-state index in [-0.39, 0.29) is 18.6 Å². The van der Waals surface area contributed by atoms with Gasteiger partial charge in [-0.2, -0.15) is 5.10 Å². The average molecular weight is 857 g/mol. The fourth-order valence-corrected chi connectivity index (χ4v) is 9.53. The molecule has 1 aliphatic rings. The van der Waals surface area contributed by atoms with E-state index in [1.807, 2.05) is 67.6 Å². The molecular formula is C46H55Cl2N5O5Si. The molecule has 1 N–H and O–H groups in total. The number of carbonyl (C=O) groups is 2. The van der Waals surface area contributed by atoms with Gasteiger partial charge in [-0.15, -0.1) is 0 Å². The number of nitrogens with one attached hydrogen (secondary N) is 1. The monoisotopic (exact) mass is 855 g/mol. The van der Waals surface area contributed by atoms with Gasteiger partial charge in [-0.25, -0.2) is 9.48 Å². The van der Waals surface area contributed by atoms with Crippen LogP contribution in [0.3, 0.4) is 0 Å². The number of halogens is 2. The van der Waals surface area contributed by atoms with Crippen molar-refractivity contribution in [2.75, 3.05) is 31.3 Å². The van der Waals surface area contributed by atoms with Crippen LogP contribution in [0.2, 0.25) is 35.7 Å². The van der Waals surface area contributed by atoms with Crippen LogP contribution in [0.1, 0.15) is 80.9 Å². The third-order valence-corrected chi connectivity index (χ3v) is 13.9. The van der Waals surface area contributed by atoms with E-state index in [0.29, 0.717) is 66.9 Å². The molecule has 1 amide bonds. The zero-order valence-electron chi connectivity index (χ0n) is 35.9. The van der Waals surface area contributed by atoms with Crippen molar-refractivity contribution in [2.24, 2.45) is 0 Å². The van der Waals surface area contributed by atoms with E-state index in [9.17, 15) is 4.79 Å². The summed E-state index contributed by atoms with van der Waals surface area (Å²) in [6.45, 7) is 23.1. The highest BCUT2D eigenvalue weighted by Crippen LogP contribution is 2.46. The lowest BCUT2D eigenvalue weighted by atomic mass is 9.98. The van der Waals surface area contributed by atoms with Crippen LogP contribution >= 0.6 is 23.2 Å². The minimum atomic E-state index is -1.25. The van der Waals surface area contributed by atoms with Gasteiger partial charge < -0.3 is 28.7 Å². The summed E-state index contributed by atoms with van der Waals surface area (Å²) in [5.74, 6) is 0.207. The van der Waals surface area contributed by atoms with Crippen LogP contribution < -0.4 is 9.64 Å². The summed E-state index contributed by atoms with van der Waals surface area (Å²) in [5.41, 5.74) is 10.7. The average Bonchev–Trinajstić information content (AvgIpc) is 3.83. The Kier molecular flexibility index (Phi) is 12.1. The highest BCUT2D eigenvalue weighted by molar-refractivity contribution is 6.76. The van der Waals surface area contributed by atoms with Crippen molar-refractivity contribution in [1.82, 2.24) is 19.3 Å². The molecule has 312 valence electrons. The lowest BCUT2D eigenvalue weighted by molar-refractivity contribution is 0.0520. The minimum Gasteiger partial charge on any atom is -0.494 e. The lowest BCUT2D eigenvalue weighted by Crippen LogP contribution is -2.43. The second kappa shape index (κ2) is 16.8. The molecule has 7 rings (SSSR count). The zero-order valence-corrected chi connectivity index (χ0v) is 38.4. The Hall–Kier alpha value is -4.55. The first-order chi connectivity index (χ1) is 28.0. The molecule has 59 heavy (non-hydrogen) atoms. The number of aromatic amines is 1. The van der Waals surface area contributed by atoms with Gasteiger partial charge >= 0.3 is 5.97 Å². The Morgan fingerprint density at radius 2 is 1.71 bits per heavy atom. The van der Waals surface area contributed by atoms with E-state index >= 15 is 4.79 Å². The fraction of sp³-hybridized carbons (Fsp3) is 0.413. The number of hydrogen-bond donors (Lipinski definition) is 1. The van der Waals surface area contributed by atoms with Crippen molar-refractivity contribution in [3.63, 3.8) is 0 Å². The first-order valence-electron chi connectivity index (χ1n) is 20.5. The number of amides is 1. The number of esters is 1. The third kappa shape index (κ3) is 8.31. The maximum Gasteiger partial charge on any atom is 0.354 e. The Bertz CT molecular complexity index is 2580. The number of aromatic nitrogens is 4. The number of fused-ring (bicyclic) bond motifs is 4. The second-order valence-corrected chi connectivity index (χ2v) is 23.6. The summed E-state index contributed by atoms with van der Waals surface area (Å²) >= 11 is 13.7. The van der Waals surface area contributed by atoms with Crippen molar-refractivity contribution in [3.8, 4) is 16.9 Å². The number of benzene rings is 3. The quantitative estimate of drug-likeness (QED) is 0.0665. The predicted octanol–water partition coefficient (Wildman–Crippen LogP) is 11.6. The van der Waals surface area contributed by atoms with Crippen molar-refractivity contribution < 1.29 is 23.8 Å². The van der Waals surface area contributed by atoms with Crippen molar-refractivity contribution >= 4 is 70.6 Å². The third-order valence-electron chi connectivity index (χ3n) is 11.3. The number of ether oxygens (including phenoxy) is 3. The molecular weight excluding hydrogens is 802 g/mol. The van der Waals surface area contributed by atoms with Crippen LogP contribution in [-0.2, 0) is 22.6 Å². The minimum absolute atomic E-state index is 0.125. The summed E-state index contributed by atoms with van der Waals surface area (Å²) < 4.78 is 21.9. The smallest absolute Gasteiger partial charge is 0.354 e. The summed E-state index contributed by atoms with van der Waals surface area (Å²) in [4.78, 5) is 33.3. The fourth-order valence-electron chi connectivity index (χ4n) is 8.42. The maximum atomic E-state index is 15.3. The molecule has 4 heterocycles. The highest BCUT2D eigenvalue weighted by atomic mass is 35.5. The van der Waals surface area contributed by atoms with Gasteiger partial charge in [-0.05, 0) is 126 Å². The van der Waals surface area contributed by atoms with Gasteiger partial charge in [0.05, 0.1) is 40.7 Å². The summed E-state index contributed by atoms with van der Waals surface area (Å²) in [7, 11) is -1.25. The molecule has 10 nitrogen and oxygen atoms in total. The molecule has 1 atom stereocenters. The van der Waals surface area contributed by atoms with E-state index in [1.165, 1.54) is 0 Å². The standard InChI is InChI=1S/C46H55Cl2N5O5Si/c1-11-57-46(55)37-23-32-19-26(2)20-38(42(32)49-37)51-24-29(5)53-43-35(34(44(53)45(51)54)13-12-16-58-33-21-27(3)41(48)28(4)22-33)14-15-36(47)40(43)39-30(6)50-52(31(39)7)25-56-17-18-59(8,9)10/h14-15,19-23,29,49H,11-13,16-18,24-25H2,1-10H3/t29-/m1/s1. The molecule has 0 unspecified atom stereocenters. The maximum absolute atomic E-state index is 15.3. The molecule has 0 bridgehead atoms. The number of aryl methyl sites for hydroxylation is 5. The molecule has 0 saturated carbocycles. The van der Waals surface area contributed by atoms with E-state index in [4.69, 9.17) is 42.5 Å². The number of anilines is 1. The number of nitrogens with zero attached hydrogens (tertiary/aromatic N) is 4. The van der Waals surface area contributed by atoms with E-state index in [0.717, 1.165) is 77.9 Å². The molecule has 0 saturated heterocycles. The first-order valence-corrected chi connectivity index (χ1v) is 24.9. The summed E-state index contributed by atoms with van der Waals surface area (Å²) in [6, 6.07) is 14.6. The van der Waals surface area contributed by atoms with Gasteiger partial charge in [0, 0.05) is 59.9 Å². The molecule has 6 aromatic rings. The van der Waals surface area contributed by atoms with Gasteiger partial charge in [0.1, 0.15) is 23.9 Å². The van der Waals surface area contributed by atoms with Crippen molar-refractivity contribution in [3.05, 3.63) is 97.5 Å². The molecule has 1 aliphatic heterocycles. The largest absolute Gasteiger partial charge is 0.494 e. The Morgan fingerprint density at radius 3 is 2.41 bits per heavy atom. The van der Waals surface area contributed by atoms with Crippen LogP contribution in [0.4, 0.5) is 5.69 Å². The Morgan fingerprint density at radius 1 is 0.983 bits per heavy atom. The summed E-state index contributed by atoms with van der Waals surface area (Å²) in [5, 5.41) is 8.07. The van der Waals surface area contributed by atoms with Crippen LogP contribution in [0.15, 0.2) is 42.5 Å². The van der Waals surface area contributed by atoms with Gasteiger partial charge in [0.15, 0.2) is 0 Å². The van der Waals surface area contributed by atoms with E-state index < -0.39 is 14.0 Å². The second-order valence-electron chi connectivity index (χ2n) is 17.1. The number of carbonyl (C=O) groups excluding carboxylic acids is 2. The van der Waals surface area contributed by atoms with Crippen LogP contribution in [-0.4, -0.2) is 65.6 Å². The summed E-state index contributed by atoms with van der Waals surface area (Å²) in [6.07, 6.45) is 1.24. The number of rotatable bonds is 14. The molecule has 3 aromatic heterocycles. The van der Waals surface area contributed by atoms with Crippen LogP contribution in [0.25, 0.3) is 32.9 Å². The predicted molar refractivity (Wildman–Crippen MR) is 242 cm³/mol. The SMILES string of the molecule is CCOC(=O)c1cc2cc(C)cc(N3C[C@@H](C)n4c(c(CCCOc5cc(C)c(Cl)c(C)c5)c5ccc(Cl)c(-c6c(C)nn(COCC[Si](C)(C)C)c6C)c54)C3=O)c2[nH]1. The molecule has 13 heteroatoms. The Balaban J connectivity index is 1.34. The van der Waals surface area contributed by atoms with Gasteiger partial charge in [-0.1, -0.05) is 48.9 Å². The van der Waals surface area contributed by atoms with Crippen LogP contribution in [0.5, 0.6) is 5.75 Å². The van der Waals surface area contributed by atoms with Crippen molar-refractivity contribution in [1.29, 1.82) is 0 Å². The molecule has 0 fully saturated rings.